The maximum Gasteiger partial charge on any atom is 0.0471 e. The highest BCUT2D eigenvalue weighted by Gasteiger charge is 2.32. The second-order valence-electron chi connectivity index (χ2n) is 6.27. The average Bonchev–Trinajstić information content (AvgIpc) is 2.55. The number of hydrogen-bond donors (Lipinski definition) is 1. The van der Waals surface area contributed by atoms with E-state index >= 15 is 0 Å². The minimum Gasteiger partial charge on any atom is -0.381 e. The first-order chi connectivity index (χ1) is 10.3. The normalized spacial score (nSPS) is 17.2. The summed E-state index contributed by atoms with van der Waals surface area (Å²) in [4.78, 5) is 2.56. The Morgan fingerprint density at radius 1 is 1.14 bits per heavy atom. The fourth-order valence-electron chi connectivity index (χ4n) is 3.29. The molecule has 0 bridgehead atoms. The number of rotatable bonds is 8. The molecule has 1 aliphatic rings. The smallest absolute Gasteiger partial charge is 0.0471 e. The van der Waals surface area contributed by atoms with Crippen LogP contribution in [-0.4, -0.2) is 44.3 Å². The van der Waals surface area contributed by atoms with E-state index in [4.69, 9.17) is 10.5 Å². The van der Waals surface area contributed by atoms with Crippen LogP contribution in [0.4, 0.5) is 0 Å². The lowest BCUT2D eigenvalue weighted by molar-refractivity contribution is -0.00636. The van der Waals surface area contributed by atoms with Gasteiger partial charge in [0, 0.05) is 39.4 Å². The van der Waals surface area contributed by atoms with E-state index in [9.17, 15) is 0 Å². The number of nitrogens with two attached hydrogens (primary N) is 1. The summed E-state index contributed by atoms with van der Waals surface area (Å²) in [7, 11) is 0. The van der Waals surface area contributed by atoms with Crippen molar-refractivity contribution in [1.82, 2.24) is 4.90 Å². The molecule has 0 amide bonds. The van der Waals surface area contributed by atoms with E-state index in [2.05, 4.69) is 42.2 Å². The van der Waals surface area contributed by atoms with E-state index in [1.54, 1.807) is 0 Å². The molecule has 2 rings (SSSR count). The Bertz CT molecular complexity index is 393. The first kappa shape index (κ1) is 19.4. The van der Waals surface area contributed by atoms with Crippen LogP contribution in [0.15, 0.2) is 30.3 Å². The molecule has 0 atom stereocenters. The summed E-state index contributed by atoms with van der Waals surface area (Å²) < 4.78 is 5.55. The highest BCUT2D eigenvalue weighted by atomic mass is 35.5. The van der Waals surface area contributed by atoms with Gasteiger partial charge in [-0.3, -0.25) is 0 Å². The molecule has 126 valence electrons. The van der Waals surface area contributed by atoms with Crippen molar-refractivity contribution in [1.29, 1.82) is 0 Å². The maximum absolute atomic E-state index is 5.82. The number of nitrogens with zero attached hydrogens (tertiary/aromatic N) is 1. The highest BCUT2D eigenvalue weighted by Crippen LogP contribution is 2.34. The molecule has 1 heterocycles. The third-order valence-corrected chi connectivity index (χ3v) is 4.87. The third-order valence-electron chi connectivity index (χ3n) is 4.87. The van der Waals surface area contributed by atoms with Gasteiger partial charge in [0.1, 0.15) is 0 Å². The summed E-state index contributed by atoms with van der Waals surface area (Å²) in [6.45, 7) is 8.16. The van der Waals surface area contributed by atoms with Crippen LogP contribution in [0.1, 0.15) is 31.7 Å². The van der Waals surface area contributed by atoms with Gasteiger partial charge in [-0.1, -0.05) is 37.3 Å². The van der Waals surface area contributed by atoms with E-state index in [-0.39, 0.29) is 12.4 Å². The minimum atomic E-state index is 0. The van der Waals surface area contributed by atoms with Gasteiger partial charge in [-0.25, -0.2) is 0 Å². The molecule has 1 aromatic carbocycles. The molecule has 0 spiro atoms. The van der Waals surface area contributed by atoms with Crippen molar-refractivity contribution in [3.8, 4) is 0 Å². The minimum absolute atomic E-state index is 0. The van der Waals surface area contributed by atoms with Gasteiger partial charge < -0.3 is 15.4 Å². The van der Waals surface area contributed by atoms with Crippen LogP contribution in [0.25, 0.3) is 0 Å². The van der Waals surface area contributed by atoms with Crippen LogP contribution >= 0.6 is 12.4 Å². The first-order valence-electron chi connectivity index (χ1n) is 8.32. The summed E-state index contributed by atoms with van der Waals surface area (Å²) >= 11 is 0. The summed E-state index contributed by atoms with van der Waals surface area (Å²) in [6.07, 6.45) is 4.73. The van der Waals surface area contributed by atoms with Crippen LogP contribution in [0.5, 0.6) is 0 Å². The van der Waals surface area contributed by atoms with Crippen LogP contribution < -0.4 is 5.73 Å². The van der Waals surface area contributed by atoms with Crippen LogP contribution in [0.3, 0.4) is 0 Å². The van der Waals surface area contributed by atoms with Crippen LogP contribution in [-0.2, 0) is 11.2 Å². The van der Waals surface area contributed by atoms with Gasteiger partial charge in [0.05, 0.1) is 0 Å². The van der Waals surface area contributed by atoms with Gasteiger partial charge in [0.2, 0.25) is 0 Å². The fourth-order valence-corrected chi connectivity index (χ4v) is 3.29. The molecule has 1 fully saturated rings. The van der Waals surface area contributed by atoms with Crippen molar-refractivity contribution in [2.45, 2.75) is 32.6 Å². The van der Waals surface area contributed by atoms with E-state index in [1.807, 2.05) is 0 Å². The van der Waals surface area contributed by atoms with Crippen molar-refractivity contribution in [3.63, 3.8) is 0 Å². The second-order valence-corrected chi connectivity index (χ2v) is 6.27. The fraction of sp³-hybridized carbons (Fsp3) is 0.667. The zero-order valence-electron chi connectivity index (χ0n) is 13.8. The lowest BCUT2D eigenvalue weighted by Crippen LogP contribution is -2.43. The Morgan fingerprint density at radius 2 is 1.82 bits per heavy atom. The largest absolute Gasteiger partial charge is 0.381 e. The molecular weight excluding hydrogens is 296 g/mol. The molecule has 0 radical (unpaired) electrons. The predicted octanol–water partition coefficient (Wildman–Crippen LogP) is 3.12. The van der Waals surface area contributed by atoms with Crippen molar-refractivity contribution < 1.29 is 4.74 Å². The van der Waals surface area contributed by atoms with Gasteiger partial charge >= 0.3 is 0 Å². The summed E-state index contributed by atoms with van der Waals surface area (Å²) in [6, 6.07) is 10.7. The lowest BCUT2D eigenvalue weighted by atomic mass is 9.77. The van der Waals surface area contributed by atoms with Crippen molar-refractivity contribution in [2.24, 2.45) is 11.1 Å². The molecule has 0 saturated carbocycles. The molecule has 4 heteroatoms. The van der Waals surface area contributed by atoms with Crippen molar-refractivity contribution in [2.75, 3.05) is 39.4 Å². The van der Waals surface area contributed by atoms with Crippen LogP contribution in [0, 0.1) is 5.41 Å². The molecule has 0 aromatic heterocycles. The Labute approximate surface area is 141 Å². The molecule has 1 aromatic rings. The summed E-state index contributed by atoms with van der Waals surface area (Å²) in [5, 5.41) is 0. The number of halogens is 1. The molecule has 2 N–H and O–H groups in total. The second kappa shape index (κ2) is 10.2. The molecule has 22 heavy (non-hydrogen) atoms. The van der Waals surface area contributed by atoms with E-state index < -0.39 is 0 Å². The van der Waals surface area contributed by atoms with E-state index in [0.29, 0.717) is 5.41 Å². The van der Waals surface area contributed by atoms with E-state index in [0.717, 1.165) is 45.8 Å². The molecule has 0 unspecified atom stereocenters. The standard InChI is InChI=1S/C18H30N2O.ClH/c1-2-18(9-14-21-15-10-18)16-20(13-11-19)12-8-17-6-4-3-5-7-17;/h3-7H,2,8-16,19H2,1H3;1H. The Balaban J connectivity index is 0.00000242. The summed E-state index contributed by atoms with van der Waals surface area (Å²) in [5.74, 6) is 0. The van der Waals surface area contributed by atoms with Gasteiger partial charge in [0.25, 0.3) is 0 Å². The van der Waals surface area contributed by atoms with Gasteiger partial charge in [0.15, 0.2) is 0 Å². The quantitative estimate of drug-likeness (QED) is 0.797. The van der Waals surface area contributed by atoms with Gasteiger partial charge in [-0.15, -0.1) is 12.4 Å². The average molecular weight is 327 g/mol. The SMILES string of the molecule is CCC1(CN(CCN)CCc2ccccc2)CCOCC1.Cl. The zero-order chi connectivity index (χ0) is 15.0. The molecule has 3 nitrogen and oxygen atoms in total. The molecular formula is C18H31ClN2O. The first-order valence-corrected chi connectivity index (χ1v) is 8.32. The van der Waals surface area contributed by atoms with E-state index in [1.165, 1.54) is 24.8 Å². The highest BCUT2D eigenvalue weighted by molar-refractivity contribution is 5.85. The van der Waals surface area contributed by atoms with Crippen molar-refractivity contribution in [3.05, 3.63) is 35.9 Å². The van der Waals surface area contributed by atoms with Crippen molar-refractivity contribution >= 4 is 12.4 Å². The Hall–Kier alpha value is -0.610. The van der Waals surface area contributed by atoms with Gasteiger partial charge in [-0.05, 0) is 36.7 Å². The number of benzene rings is 1. The number of ether oxygens (including phenoxy) is 1. The summed E-state index contributed by atoms with van der Waals surface area (Å²) in [5.41, 5.74) is 7.67. The molecule has 0 aliphatic carbocycles. The Kier molecular flexibility index (Phi) is 9.03. The maximum atomic E-state index is 5.82. The molecule has 1 saturated heterocycles. The third kappa shape index (κ3) is 5.88. The predicted molar refractivity (Wildman–Crippen MR) is 95.7 cm³/mol. The number of hydrogen-bond acceptors (Lipinski definition) is 3. The van der Waals surface area contributed by atoms with Crippen LogP contribution in [0.2, 0.25) is 0 Å². The van der Waals surface area contributed by atoms with Gasteiger partial charge in [-0.2, -0.15) is 0 Å². The lowest BCUT2D eigenvalue weighted by Gasteiger charge is -2.40. The zero-order valence-corrected chi connectivity index (χ0v) is 14.6. The molecule has 1 aliphatic heterocycles. The monoisotopic (exact) mass is 326 g/mol. The Morgan fingerprint density at radius 3 is 2.41 bits per heavy atom. The topological polar surface area (TPSA) is 38.5 Å².